The lowest BCUT2D eigenvalue weighted by molar-refractivity contribution is -0.120. The van der Waals surface area contributed by atoms with E-state index in [9.17, 15) is 9.59 Å². The summed E-state index contributed by atoms with van der Waals surface area (Å²) in [5.41, 5.74) is 2.34. The van der Waals surface area contributed by atoms with Crippen LogP contribution in [0.2, 0.25) is 0 Å². The standard InChI is InChI=1S/C26H32N6O2/c1-4-13-27-24(33)18-10-11-21-17(15-18)12-14-31(21)26-28-16-22-23(29-26)32(19-8-6-7-9-19)20(5-2)25(34)30(22)3/h10-12,14-16,19-20H,4-9,13H2,1-3H3,(H,27,33)/t20-/m1/s1. The van der Waals surface area contributed by atoms with Gasteiger partial charge in [0.1, 0.15) is 11.7 Å². The van der Waals surface area contributed by atoms with E-state index >= 15 is 0 Å². The molecule has 1 fully saturated rings. The number of likely N-dealkylation sites (N-methyl/N-ethyl adjacent to an activating group) is 1. The minimum Gasteiger partial charge on any atom is -0.352 e. The summed E-state index contributed by atoms with van der Waals surface area (Å²) in [6, 6.07) is 7.79. The molecule has 8 heteroatoms. The first-order chi connectivity index (χ1) is 16.5. The quantitative estimate of drug-likeness (QED) is 0.600. The highest BCUT2D eigenvalue weighted by molar-refractivity contribution is 6.04. The number of carbonyl (C=O) groups is 2. The molecule has 0 spiro atoms. The van der Waals surface area contributed by atoms with Crippen LogP contribution in [0.15, 0.2) is 36.7 Å². The monoisotopic (exact) mass is 460 g/mol. The summed E-state index contributed by atoms with van der Waals surface area (Å²) in [5.74, 6) is 1.45. The van der Waals surface area contributed by atoms with Crippen molar-refractivity contribution in [3.05, 3.63) is 42.2 Å². The largest absolute Gasteiger partial charge is 0.352 e. The van der Waals surface area contributed by atoms with E-state index in [2.05, 4.69) is 22.1 Å². The third kappa shape index (κ3) is 3.71. The van der Waals surface area contributed by atoms with E-state index in [0.29, 0.717) is 24.1 Å². The van der Waals surface area contributed by atoms with E-state index in [1.807, 2.05) is 49.0 Å². The maximum Gasteiger partial charge on any atom is 0.251 e. The van der Waals surface area contributed by atoms with E-state index in [1.54, 1.807) is 11.1 Å². The van der Waals surface area contributed by atoms with Gasteiger partial charge in [-0.05, 0) is 49.9 Å². The number of rotatable bonds is 6. The first-order valence-corrected chi connectivity index (χ1v) is 12.4. The number of nitrogens with one attached hydrogen (secondary N) is 1. The van der Waals surface area contributed by atoms with Gasteiger partial charge in [-0.25, -0.2) is 4.98 Å². The molecule has 178 valence electrons. The Morgan fingerprint density at radius 2 is 1.97 bits per heavy atom. The fraction of sp³-hybridized carbons (Fsp3) is 0.462. The maximum absolute atomic E-state index is 13.1. The van der Waals surface area contributed by atoms with Crippen molar-refractivity contribution in [3.63, 3.8) is 0 Å². The zero-order chi connectivity index (χ0) is 23.8. The minimum atomic E-state index is -0.200. The number of fused-ring (bicyclic) bond motifs is 2. The number of amides is 2. The van der Waals surface area contributed by atoms with Crippen molar-refractivity contribution in [1.29, 1.82) is 0 Å². The Kier molecular flexibility index (Phi) is 5.98. The van der Waals surface area contributed by atoms with Crippen molar-refractivity contribution in [2.75, 3.05) is 23.4 Å². The predicted molar refractivity (Wildman–Crippen MR) is 134 cm³/mol. The number of anilines is 2. The van der Waals surface area contributed by atoms with Gasteiger partial charge in [-0.3, -0.25) is 14.2 Å². The molecule has 0 unspecified atom stereocenters. The van der Waals surface area contributed by atoms with Crippen molar-refractivity contribution in [1.82, 2.24) is 19.9 Å². The van der Waals surface area contributed by atoms with Gasteiger partial charge in [-0.2, -0.15) is 4.98 Å². The summed E-state index contributed by atoms with van der Waals surface area (Å²) < 4.78 is 1.95. The molecule has 1 atom stereocenters. The topological polar surface area (TPSA) is 83.4 Å². The Labute approximate surface area is 200 Å². The minimum absolute atomic E-state index is 0.0629. The van der Waals surface area contributed by atoms with E-state index in [0.717, 1.165) is 48.1 Å². The van der Waals surface area contributed by atoms with Crippen molar-refractivity contribution in [2.45, 2.75) is 64.5 Å². The van der Waals surface area contributed by atoms with E-state index in [4.69, 9.17) is 4.98 Å². The number of benzene rings is 1. The molecule has 1 saturated carbocycles. The van der Waals surface area contributed by atoms with Crippen molar-refractivity contribution < 1.29 is 9.59 Å². The van der Waals surface area contributed by atoms with E-state index in [-0.39, 0.29) is 17.9 Å². The molecule has 1 N–H and O–H groups in total. The Balaban J connectivity index is 1.55. The van der Waals surface area contributed by atoms with Crippen LogP contribution in [0, 0.1) is 0 Å². The van der Waals surface area contributed by atoms with Crippen LogP contribution in [0.4, 0.5) is 11.5 Å². The molecule has 2 aliphatic rings. The van der Waals surface area contributed by atoms with Gasteiger partial charge in [0.25, 0.3) is 5.91 Å². The van der Waals surface area contributed by atoms with Gasteiger partial charge in [0.15, 0.2) is 5.82 Å². The second-order valence-corrected chi connectivity index (χ2v) is 9.26. The van der Waals surface area contributed by atoms with Crippen molar-refractivity contribution in [3.8, 4) is 5.95 Å². The molecular formula is C26H32N6O2. The van der Waals surface area contributed by atoms with Crippen LogP contribution in [0.1, 0.15) is 62.7 Å². The summed E-state index contributed by atoms with van der Waals surface area (Å²) in [6.07, 6.45) is 9.89. The summed E-state index contributed by atoms with van der Waals surface area (Å²) in [6.45, 7) is 4.76. The molecule has 0 radical (unpaired) electrons. The van der Waals surface area contributed by atoms with Gasteiger partial charge in [0, 0.05) is 36.8 Å². The fourth-order valence-corrected chi connectivity index (χ4v) is 5.29. The van der Waals surface area contributed by atoms with Crippen LogP contribution in [0.25, 0.3) is 16.9 Å². The van der Waals surface area contributed by atoms with Gasteiger partial charge in [0.2, 0.25) is 11.9 Å². The van der Waals surface area contributed by atoms with Gasteiger partial charge >= 0.3 is 0 Å². The predicted octanol–water partition coefficient (Wildman–Crippen LogP) is 4.06. The van der Waals surface area contributed by atoms with Gasteiger partial charge in [0.05, 0.1) is 11.7 Å². The smallest absolute Gasteiger partial charge is 0.251 e. The lowest BCUT2D eigenvalue weighted by Crippen LogP contribution is -2.55. The van der Waals surface area contributed by atoms with Crippen molar-refractivity contribution >= 4 is 34.2 Å². The van der Waals surface area contributed by atoms with E-state index < -0.39 is 0 Å². The molecular weight excluding hydrogens is 428 g/mol. The molecule has 1 aliphatic heterocycles. The zero-order valence-electron chi connectivity index (χ0n) is 20.1. The second kappa shape index (κ2) is 9.08. The highest BCUT2D eigenvalue weighted by Gasteiger charge is 2.41. The summed E-state index contributed by atoms with van der Waals surface area (Å²) in [5, 5.41) is 3.88. The van der Waals surface area contributed by atoms with Crippen LogP contribution in [-0.2, 0) is 4.79 Å². The molecule has 34 heavy (non-hydrogen) atoms. The Hall–Kier alpha value is -3.42. The molecule has 8 nitrogen and oxygen atoms in total. The fourth-order valence-electron chi connectivity index (χ4n) is 5.29. The molecule has 2 aromatic heterocycles. The van der Waals surface area contributed by atoms with Crippen molar-refractivity contribution in [2.24, 2.45) is 0 Å². The number of carbonyl (C=O) groups excluding carboxylic acids is 2. The molecule has 2 amide bonds. The SMILES string of the molecule is CCCNC(=O)c1ccc2c(ccn2-c2ncc3c(n2)N(C2CCCC2)[C@H](CC)C(=O)N3C)c1. The molecule has 0 saturated heterocycles. The molecule has 0 bridgehead atoms. The number of nitrogens with zero attached hydrogens (tertiary/aromatic N) is 5. The van der Waals surface area contributed by atoms with Gasteiger partial charge in [-0.1, -0.05) is 26.7 Å². The van der Waals surface area contributed by atoms with Crippen LogP contribution in [-0.4, -0.2) is 52.0 Å². The number of hydrogen-bond donors (Lipinski definition) is 1. The van der Waals surface area contributed by atoms with Crippen LogP contribution in [0.5, 0.6) is 0 Å². The molecule has 5 rings (SSSR count). The summed E-state index contributed by atoms with van der Waals surface area (Å²) in [7, 11) is 1.81. The molecule has 1 aromatic carbocycles. The van der Waals surface area contributed by atoms with Crippen LogP contribution in [0.3, 0.4) is 0 Å². The highest BCUT2D eigenvalue weighted by Crippen LogP contribution is 2.39. The summed E-state index contributed by atoms with van der Waals surface area (Å²) >= 11 is 0. The summed E-state index contributed by atoms with van der Waals surface area (Å²) in [4.78, 5) is 39.1. The lowest BCUT2D eigenvalue weighted by atomic mass is 10.0. The van der Waals surface area contributed by atoms with Crippen LogP contribution < -0.4 is 15.1 Å². The normalized spacial score (nSPS) is 18.6. The zero-order valence-corrected chi connectivity index (χ0v) is 20.1. The molecule has 1 aliphatic carbocycles. The highest BCUT2D eigenvalue weighted by atomic mass is 16.2. The first-order valence-electron chi connectivity index (χ1n) is 12.4. The molecule has 3 heterocycles. The first kappa shape index (κ1) is 22.4. The second-order valence-electron chi connectivity index (χ2n) is 9.26. The third-order valence-electron chi connectivity index (χ3n) is 7.10. The van der Waals surface area contributed by atoms with Gasteiger partial charge < -0.3 is 15.1 Å². The van der Waals surface area contributed by atoms with Gasteiger partial charge in [-0.15, -0.1) is 0 Å². The average molecular weight is 461 g/mol. The maximum atomic E-state index is 13.1. The Morgan fingerprint density at radius 1 is 1.18 bits per heavy atom. The van der Waals surface area contributed by atoms with Crippen LogP contribution >= 0.6 is 0 Å². The van der Waals surface area contributed by atoms with E-state index in [1.165, 1.54) is 12.8 Å². The number of aromatic nitrogens is 3. The Morgan fingerprint density at radius 3 is 2.71 bits per heavy atom. The average Bonchev–Trinajstić information content (AvgIpc) is 3.54. The third-order valence-corrected chi connectivity index (χ3v) is 7.10. The lowest BCUT2D eigenvalue weighted by Gasteiger charge is -2.43. The number of hydrogen-bond acceptors (Lipinski definition) is 5. The Bertz CT molecular complexity index is 1230. The molecule has 3 aromatic rings.